The molecule has 0 radical (unpaired) electrons. The average Bonchev–Trinajstić information content (AvgIpc) is 2.75. The monoisotopic (exact) mass is 359 g/mol. The quantitative estimate of drug-likeness (QED) is 0.887. The van der Waals surface area contributed by atoms with Gasteiger partial charge in [-0.05, 0) is 35.0 Å². The first-order valence-electron chi connectivity index (χ1n) is 5.87. The van der Waals surface area contributed by atoms with E-state index in [0.29, 0.717) is 5.69 Å². The van der Waals surface area contributed by atoms with Crippen molar-refractivity contribution in [2.75, 3.05) is 6.26 Å². The van der Waals surface area contributed by atoms with Gasteiger partial charge in [0.2, 0.25) is 5.91 Å². The topological polar surface area (TPSA) is 80.5 Å². The summed E-state index contributed by atoms with van der Waals surface area (Å²) in [7, 11) is -3.38. The number of fused-ring (bicyclic) bond motifs is 1. The summed E-state index contributed by atoms with van der Waals surface area (Å²) in [6.07, 6.45) is 4.68. The molecule has 8 heteroatoms. The van der Waals surface area contributed by atoms with Gasteiger partial charge in [0.15, 0.2) is 9.84 Å². The highest BCUT2D eigenvalue weighted by molar-refractivity contribution is 9.10. The van der Waals surface area contributed by atoms with Crippen molar-refractivity contribution in [3.63, 3.8) is 0 Å². The van der Waals surface area contributed by atoms with Gasteiger partial charge >= 0.3 is 0 Å². The van der Waals surface area contributed by atoms with Gasteiger partial charge < -0.3 is 9.72 Å². The zero-order valence-corrected chi connectivity index (χ0v) is 13.4. The highest BCUT2D eigenvalue weighted by atomic mass is 79.9. The Balaban J connectivity index is 2.08. The Bertz CT molecular complexity index is 754. The lowest BCUT2D eigenvalue weighted by Crippen LogP contribution is -2.37. The summed E-state index contributed by atoms with van der Waals surface area (Å²) < 4.78 is 25.3. The van der Waals surface area contributed by atoms with Gasteiger partial charge in [-0.25, -0.2) is 13.4 Å². The van der Waals surface area contributed by atoms with E-state index in [4.69, 9.17) is 0 Å². The number of amides is 1. The number of sulfone groups is 1. The fourth-order valence-corrected chi connectivity index (χ4v) is 2.44. The Kier molecular flexibility index (Phi) is 4.14. The summed E-state index contributed by atoms with van der Waals surface area (Å²) in [6, 6.07) is 3.71. The summed E-state index contributed by atoms with van der Waals surface area (Å²) in [4.78, 5) is 16.0. The number of carbonyl (C=O) groups excluding carboxylic acids is 1. The molecule has 1 atom stereocenters. The van der Waals surface area contributed by atoms with E-state index in [-0.39, 0.29) is 6.54 Å². The number of hydrogen-bond donors (Lipinski definition) is 1. The Morgan fingerprint density at radius 3 is 2.80 bits per heavy atom. The van der Waals surface area contributed by atoms with Gasteiger partial charge in [-0.1, -0.05) is 0 Å². The average molecular weight is 360 g/mol. The van der Waals surface area contributed by atoms with E-state index in [9.17, 15) is 13.2 Å². The van der Waals surface area contributed by atoms with Gasteiger partial charge in [-0.2, -0.15) is 0 Å². The SMILES string of the molecule is C[C@H](C(=O)NCc1cn2cc(Br)ccc2n1)S(C)(=O)=O. The van der Waals surface area contributed by atoms with Crippen LogP contribution in [0.15, 0.2) is 29.0 Å². The normalized spacial score (nSPS) is 13.3. The molecule has 1 N–H and O–H groups in total. The molecule has 6 nitrogen and oxygen atoms in total. The van der Waals surface area contributed by atoms with E-state index in [1.807, 2.05) is 22.7 Å². The zero-order chi connectivity index (χ0) is 14.9. The van der Waals surface area contributed by atoms with Crippen LogP contribution in [-0.2, 0) is 21.2 Å². The number of nitrogens with one attached hydrogen (secondary N) is 1. The number of aromatic nitrogens is 2. The molecular formula is C12H14BrN3O3S. The van der Waals surface area contributed by atoms with Gasteiger partial charge in [-0.3, -0.25) is 4.79 Å². The van der Waals surface area contributed by atoms with Gasteiger partial charge in [0.05, 0.1) is 12.2 Å². The van der Waals surface area contributed by atoms with E-state index in [0.717, 1.165) is 16.4 Å². The number of carbonyl (C=O) groups is 1. The minimum Gasteiger partial charge on any atom is -0.349 e. The molecule has 0 aliphatic carbocycles. The first-order valence-corrected chi connectivity index (χ1v) is 8.62. The predicted molar refractivity (Wildman–Crippen MR) is 79.0 cm³/mol. The van der Waals surface area contributed by atoms with Gasteiger partial charge in [0, 0.05) is 23.1 Å². The van der Waals surface area contributed by atoms with Crippen molar-refractivity contribution in [2.45, 2.75) is 18.7 Å². The number of rotatable bonds is 4. The molecule has 108 valence electrons. The Hall–Kier alpha value is -1.41. The minimum absolute atomic E-state index is 0.192. The number of halogens is 1. The zero-order valence-electron chi connectivity index (χ0n) is 11.0. The summed E-state index contributed by atoms with van der Waals surface area (Å²) in [5.41, 5.74) is 1.42. The highest BCUT2D eigenvalue weighted by Crippen LogP contribution is 2.12. The van der Waals surface area contributed by atoms with Crippen LogP contribution in [0.25, 0.3) is 5.65 Å². The third-order valence-corrected chi connectivity index (χ3v) is 4.89. The van der Waals surface area contributed by atoms with E-state index in [1.54, 1.807) is 6.20 Å². The molecule has 0 unspecified atom stereocenters. The molecule has 2 heterocycles. The van der Waals surface area contributed by atoms with E-state index in [1.165, 1.54) is 6.92 Å². The Labute approximate surface area is 125 Å². The predicted octanol–water partition coefficient (Wildman–Crippen LogP) is 1.15. The second-order valence-corrected chi connectivity index (χ2v) is 7.82. The van der Waals surface area contributed by atoms with Crippen molar-refractivity contribution >= 4 is 37.3 Å². The van der Waals surface area contributed by atoms with Crippen molar-refractivity contribution in [2.24, 2.45) is 0 Å². The Morgan fingerprint density at radius 1 is 1.45 bits per heavy atom. The van der Waals surface area contributed by atoms with Crippen LogP contribution in [0.4, 0.5) is 0 Å². The molecular weight excluding hydrogens is 346 g/mol. The van der Waals surface area contributed by atoms with Crippen LogP contribution in [-0.4, -0.2) is 35.2 Å². The minimum atomic E-state index is -3.38. The van der Waals surface area contributed by atoms with Gasteiger partial charge in [0.1, 0.15) is 10.9 Å². The van der Waals surface area contributed by atoms with Crippen molar-refractivity contribution in [3.8, 4) is 0 Å². The summed E-state index contributed by atoms with van der Waals surface area (Å²) in [5.74, 6) is -0.522. The fourth-order valence-electron chi connectivity index (χ4n) is 1.62. The molecule has 0 saturated heterocycles. The second kappa shape index (κ2) is 5.53. The van der Waals surface area contributed by atoms with Crippen molar-refractivity contribution in [3.05, 3.63) is 34.7 Å². The van der Waals surface area contributed by atoms with Crippen molar-refractivity contribution in [1.82, 2.24) is 14.7 Å². The van der Waals surface area contributed by atoms with Crippen molar-refractivity contribution < 1.29 is 13.2 Å². The molecule has 0 fully saturated rings. The maximum absolute atomic E-state index is 11.7. The standard InChI is InChI=1S/C12H14BrN3O3S/c1-8(20(2,18)19)12(17)14-5-10-7-16-6-9(13)3-4-11(16)15-10/h3-4,6-8H,5H2,1-2H3,(H,14,17)/t8-/m1/s1. The molecule has 0 saturated carbocycles. The number of imidazole rings is 1. The third kappa shape index (κ3) is 3.37. The smallest absolute Gasteiger partial charge is 0.238 e. The fraction of sp³-hybridized carbons (Fsp3) is 0.333. The molecule has 0 aromatic carbocycles. The number of nitrogens with zero attached hydrogens (tertiary/aromatic N) is 2. The largest absolute Gasteiger partial charge is 0.349 e. The molecule has 2 aromatic heterocycles. The maximum atomic E-state index is 11.7. The van der Waals surface area contributed by atoms with Crippen LogP contribution < -0.4 is 5.32 Å². The molecule has 0 spiro atoms. The highest BCUT2D eigenvalue weighted by Gasteiger charge is 2.23. The summed E-state index contributed by atoms with van der Waals surface area (Å²) >= 11 is 3.36. The van der Waals surface area contributed by atoms with Crippen LogP contribution >= 0.6 is 15.9 Å². The van der Waals surface area contributed by atoms with Crippen LogP contribution in [0.2, 0.25) is 0 Å². The lowest BCUT2D eigenvalue weighted by atomic mass is 10.4. The number of hydrogen-bond acceptors (Lipinski definition) is 4. The first kappa shape index (κ1) is 15.0. The van der Waals surface area contributed by atoms with Crippen molar-refractivity contribution in [1.29, 1.82) is 0 Å². The van der Waals surface area contributed by atoms with E-state index < -0.39 is 21.0 Å². The Morgan fingerprint density at radius 2 is 2.15 bits per heavy atom. The van der Waals surface area contributed by atoms with E-state index >= 15 is 0 Å². The molecule has 0 aliphatic rings. The third-order valence-electron chi connectivity index (χ3n) is 2.92. The first-order chi connectivity index (χ1) is 9.27. The van der Waals surface area contributed by atoms with E-state index in [2.05, 4.69) is 26.2 Å². The summed E-state index contributed by atoms with van der Waals surface area (Å²) in [6.45, 7) is 1.56. The lowest BCUT2D eigenvalue weighted by Gasteiger charge is -2.08. The van der Waals surface area contributed by atoms with Crippen LogP contribution in [0.3, 0.4) is 0 Å². The molecule has 0 aliphatic heterocycles. The van der Waals surface area contributed by atoms with Crippen LogP contribution in [0, 0.1) is 0 Å². The summed E-state index contributed by atoms with van der Waals surface area (Å²) in [5, 5.41) is 1.51. The molecule has 0 bridgehead atoms. The second-order valence-electron chi connectivity index (χ2n) is 4.53. The van der Waals surface area contributed by atoms with Crippen LogP contribution in [0.1, 0.15) is 12.6 Å². The van der Waals surface area contributed by atoms with Gasteiger partial charge in [-0.15, -0.1) is 0 Å². The maximum Gasteiger partial charge on any atom is 0.238 e. The number of pyridine rings is 1. The lowest BCUT2D eigenvalue weighted by molar-refractivity contribution is -0.120. The van der Waals surface area contributed by atoms with Gasteiger partial charge in [0.25, 0.3) is 0 Å². The molecule has 2 aromatic rings. The molecule has 1 amide bonds. The van der Waals surface area contributed by atoms with Crippen LogP contribution in [0.5, 0.6) is 0 Å². The molecule has 20 heavy (non-hydrogen) atoms. The molecule has 2 rings (SSSR count).